The van der Waals surface area contributed by atoms with Gasteiger partial charge in [-0.15, -0.1) is 0 Å². The third-order valence-electron chi connectivity index (χ3n) is 2.65. The molecule has 1 aliphatic rings. The fourth-order valence-electron chi connectivity index (χ4n) is 1.94. The van der Waals surface area contributed by atoms with Crippen molar-refractivity contribution in [3.05, 3.63) is 0 Å². The zero-order chi connectivity index (χ0) is 11.5. The molecule has 6 heteroatoms. The molecule has 15 heavy (non-hydrogen) atoms. The molecule has 0 radical (unpaired) electrons. The van der Waals surface area contributed by atoms with Crippen molar-refractivity contribution >= 4 is 21.8 Å². The first-order chi connectivity index (χ1) is 6.95. The number of amides is 1. The molecule has 0 aliphatic heterocycles. The molecular formula is C9H13BrF3NO. The second-order valence-electron chi connectivity index (χ2n) is 3.74. The minimum absolute atomic E-state index is 0.0497. The monoisotopic (exact) mass is 287 g/mol. The fraction of sp³-hybridized carbons (Fsp3) is 0.889. The SMILES string of the molecule is O=C(CBr)NC1CCCCC1C(F)(F)F. The van der Waals surface area contributed by atoms with Gasteiger partial charge in [0.1, 0.15) is 0 Å². The zero-order valence-electron chi connectivity index (χ0n) is 8.11. The average molecular weight is 288 g/mol. The van der Waals surface area contributed by atoms with E-state index >= 15 is 0 Å². The molecular weight excluding hydrogens is 275 g/mol. The summed E-state index contributed by atoms with van der Waals surface area (Å²) in [4.78, 5) is 11.0. The lowest BCUT2D eigenvalue weighted by atomic mass is 9.84. The van der Waals surface area contributed by atoms with Crippen LogP contribution in [-0.2, 0) is 4.79 Å². The maximum absolute atomic E-state index is 12.6. The predicted octanol–water partition coefficient (Wildman–Crippen LogP) is 2.62. The van der Waals surface area contributed by atoms with Gasteiger partial charge in [0, 0.05) is 6.04 Å². The van der Waals surface area contributed by atoms with Gasteiger partial charge in [-0.2, -0.15) is 13.2 Å². The van der Waals surface area contributed by atoms with Gasteiger partial charge in [-0.1, -0.05) is 28.8 Å². The van der Waals surface area contributed by atoms with Crippen LogP contribution < -0.4 is 5.32 Å². The van der Waals surface area contributed by atoms with Crippen molar-refractivity contribution < 1.29 is 18.0 Å². The first-order valence-electron chi connectivity index (χ1n) is 4.87. The van der Waals surface area contributed by atoms with Gasteiger partial charge in [0.05, 0.1) is 11.2 Å². The molecule has 0 aromatic heterocycles. The highest BCUT2D eigenvalue weighted by molar-refractivity contribution is 9.09. The van der Waals surface area contributed by atoms with E-state index in [2.05, 4.69) is 21.2 Å². The number of alkyl halides is 4. The van der Waals surface area contributed by atoms with Crippen LogP contribution in [0.5, 0.6) is 0 Å². The van der Waals surface area contributed by atoms with Gasteiger partial charge >= 0.3 is 6.18 Å². The Morgan fingerprint density at radius 2 is 1.93 bits per heavy atom. The van der Waals surface area contributed by atoms with Crippen LogP contribution in [0.15, 0.2) is 0 Å². The molecule has 2 atom stereocenters. The topological polar surface area (TPSA) is 29.1 Å². The Morgan fingerprint density at radius 1 is 1.33 bits per heavy atom. The second-order valence-corrected chi connectivity index (χ2v) is 4.30. The van der Waals surface area contributed by atoms with Gasteiger partial charge in [0.2, 0.25) is 5.91 Å². The Labute approximate surface area is 94.7 Å². The number of halogens is 4. The van der Waals surface area contributed by atoms with Crippen molar-refractivity contribution in [3.63, 3.8) is 0 Å². The maximum atomic E-state index is 12.6. The molecule has 2 nitrogen and oxygen atoms in total. The van der Waals surface area contributed by atoms with Crippen molar-refractivity contribution in [2.75, 3.05) is 5.33 Å². The van der Waals surface area contributed by atoms with E-state index in [-0.39, 0.29) is 17.7 Å². The standard InChI is InChI=1S/C9H13BrF3NO/c10-5-8(15)14-7-4-2-1-3-6(7)9(11,12)13/h6-7H,1-5H2,(H,14,15). The molecule has 0 spiro atoms. The highest BCUT2D eigenvalue weighted by atomic mass is 79.9. The van der Waals surface area contributed by atoms with E-state index in [1.807, 2.05) is 0 Å². The molecule has 0 aromatic carbocycles. The van der Waals surface area contributed by atoms with Crippen molar-refractivity contribution in [2.24, 2.45) is 5.92 Å². The molecule has 1 amide bonds. The van der Waals surface area contributed by atoms with Crippen molar-refractivity contribution in [1.29, 1.82) is 0 Å². The lowest BCUT2D eigenvalue weighted by Crippen LogP contribution is -2.48. The molecule has 1 rings (SSSR count). The molecule has 1 aliphatic carbocycles. The summed E-state index contributed by atoms with van der Waals surface area (Å²) in [6.45, 7) is 0. The van der Waals surface area contributed by atoms with E-state index in [9.17, 15) is 18.0 Å². The quantitative estimate of drug-likeness (QED) is 0.778. The van der Waals surface area contributed by atoms with Gasteiger partial charge in [-0.25, -0.2) is 0 Å². The summed E-state index contributed by atoms with van der Waals surface area (Å²) < 4.78 is 37.7. The molecule has 0 heterocycles. The Bertz CT molecular complexity index is 232. The molecule has 0 aromatic rings. The molecule has 1 N–H and O–H groups in total. The lowest BCUT2D eigenvalue weighted by Gasteiger charge is -2.33. The second kappa shape index (κ2) is 5.18. The summed E-state index contributed by atoms with van der Waals surface area (Å²) in [5, 5.41) is 2.47. The van der Waals surface area contributed by atoms with Gasteiger partial charge in [-0.3, -0.25) is 4.79 Å². The third kappa shape index (κ3) is 3.66. The Kier molecular flexibility index (Phi) is 4.43. The normalized spacial score (nSPS) is 27.5. The van der Waals surface area contributed by atoms with Gasteiger partial charge < -0.3 is 5.32 Å². The van der Waals surface area contributed by atoms with Gasteiger partial charge in [0.15, 0.2) is 0 Å². The number of hydrogen-bond acceptors (Lipinski definition) is 1. The molecule has 0 saturated heterocycles. The lowest BCUT2D eigenvalue weighted by molar-refractivity contribution is -0.189. The van der Waals surface area contributed by atoms with Gasteiger partial charge in [0.25, 0.3) is 0 Å². The number of hydrogen-bond donors (Lipinski definition) is 1. The van der Waals surface area contributed by atoms with Crippen LogP contribution in [0.3, 0.4) is 0 Å². The van der Waals surface area contributed by atoms with Crippen molar-refractivity contribution in [3.8, 4) is 0 Å². The summed E-state index contributed by atoms with van der Waals surface area (Å²) >= 11 is 2.92. The maximum Gasteiger partial charge on any atom is 0.393 e. The predicted molar refractivity (Wildman–Crippen MR) is 53.7 cm³/mol. The highest BCUT2D eigenvalue weighted by Gasteiger charge is 2.45. The minimum Gasteiger partial charge on any atom is -0.352 e. The van der Waals surface area contributed by atoms with Crippen LogP contribution >= 0.6 is 15.9 Å². The van der Waals surface area contributed by atoms with Crippen LogP contribution in [-0.4, -0.2) is 23.5 Å². The smallest absolute Gasteiger partial charge is 0.352 e. The van der Waals surface area contributed by atoms with E-state index < -0.39 is 18.1 Å². The summed E-state index contributed by atoms with van der Waals surface area (Å²) in [7, 11) is 0. The number of nitrogens with one attached hydrogen (secondary N) is 1. The Balaban J connectivity index is 2.62. The van der Waals surface area contributed by atoms with Crippen LogP contribution in [0.1, 0.15) is 25.7 Å². The summed E-state index contributed by atoms with van der Waals surface area (Å²) in [6, 6.07) is -0.746. The number of rotatable bonds is 2. The van der Waals surface area contributed by atoms with Crippen molar-refractivity contribution in [1.82, 2.24) is 5.32 Å². The zero-order valence-corrected chi connectivity index (χ0v) is 9.70. The van der Waals surface area contributed by atoms with Crippen LogP contribution in [0.25, 0.3) is 0 Å². The van der Waals surface area contributed by atoms with E-state index in [0.717, 1.165) is 6.42 Å². The van der Waals surface area contributed by atoms with E-state index in [1.54, 1.807) is 0 Å². The van der Waals surface area contributed by atoms with Crippen LogP contribution in [0, 0.1) is 5.92 Å². The largest absolute Gasteiger partial charge is 0.393 e. The molecule has 2 unspecified atom stereocenters. The summed E-state index contributed by atoms with van der Waals surface area (Å²) in [5.74, 6) is -1.76. The first kappa shape index (κ1) is 12.8. The Morgan fingerprint density at radius 3 is 2.47 bits per heavy atom. The van der Waals surface area contributed by atoms with Gasteiger partial charge in [-0.05, 0) is 12.8 Å². The minimum atomic E-state index is -4.20. The van der Waals surface area contributed by atoms with E-state index in [4.69, 9.17) is 0 Å². The fourth-order valence-corrected chi connectivity index (χ4v) is 2.10. The van der Waals surface area contributed by atoms with E-state index in [0.29, 0.717) is 12.8 Å². The molecule has 1 fully saturated rings. The molecule has 0 bridgehead atoms. The molecule has 1 saturated carbocycles. The average Bonchev–Trinajstić information content (AvgIpc) is 2.17. The Hall–Kier alpha value is -0.260. The summed E-state index contributed by atoms with van der Waals surface area (Å²) in [5.41, 5.74) is 0. The number of carbonyl (C=O) groups excluding carboxylic acids is 1. The van der Waals surface area contributed by atoms with E-state index in [1.165, 1.54) is 0 Å². The molecule has 88 valence electrons. The first-order valence-corrected chi connectivity index (χ1v) is 5.99. The van der Waals surface area contributed by atoms with Crippen LogP contribution in [0.4, 0.5) is 13.2 Å². The van der Waals surface area contributed by atoms with Crippen molar-refractivity contribution in [2.45, 2.75) is 37.9 Å². The highest BCUT2D eigenvalue weighted by Crippen LogP contribution is 2.37. The van der Waals surface area contributed by atoms with Crippen LogP contribution in [0.2, 0.25) is 0 Å². The third-order valence-corrected chi connectivity index (χ3v) is 3.16. The number of carbonyl (C=O) groups is 1. The summed E-state index contributed by atoms with van der Waals surface area (Å²) in [6.07, 6.45) is -2.32.